The van der Waals surface area contributed by atoms with Gasteiger partial charge in [-0.15, -0.1) is 0 Å². The fourth-order valence-corrected chi connectivity index (χ4v) is 2.30. The van der Waals surface area contributed by atoms with Crippen molar-refractivity contribution in [3.8, 4) is 0 Å². The van der Waals surface area contributed by atoms with Crippen molar-refractivity contribution in [2.75, 3.05) is 39.3 Å². The van der Waals surface area contributed by atoms with E-state index in [1.54, 1.807) is 4.90 Å². The molecule has 1 aromatic rings. The first-order valence-electron chi connectivity index (χ1n) is 6.71. The van der Waals surface area contributed by atoms with Crippen LogP contribution in [0.1, 0.15) is 15.9 Å². The van der Waals surface area contributed by atoms with Crippen LogP contribution in [0.2, 0.25) is 0 Å². The molecule has 2 rings (SSSR count). The predicted molar refractivity (Wildman–Crippen MR) is 70.9 cm³/mol. The first-order valence-corrected chi connectivity index (χ1v) is 6.71. The molecule has 1 saturated heterocycles. The molecule has 0 bridgehead atoms. The van der Waals surface area contributed by atoms with E-state index in [9.17, 15) is 18.0 Å². The largest absolute Gasteiger partial charge is 0.416 e. The van der Waals surface area contributed by atoms with Gasteiger partial charge in [0.05, 0.1) is 12.2 Å². The summed E-state index contributed by atoms with van der Waals surface area (Å²) in [6, 6.07) is 4.28. The molecule has 7 heteroatoms. The number of amides is 1. The van der Waals surface area contributed by atoms with Gasteiger partial charge < -0.3 is 10.0 Å². The van der Waals surface area contributed by atoms with Gasteiger partial charge in [0.25, 0.3) is 5.91 Å². The van der Waals surface area contributed by atoms with Gasteiger partial charge in [0.15, 0.2) is 0 Å². The van der Waals surface area contributed by atoms with Gasteiger partial charge >= 0.3 is 6.18 Å². The van der Waals surface area contributed by atoms with Gasteiger partial charge in [-0.1, -0.05) is 0 Å². The molecule has 1 N–H and O–H groups in total. The molecule has 1 aromatic carbocycles. The van der Waals surface area contributed by atoms with Crippen LogP contribution in [0, 0.1) is 0 Å². The Morgan fingerprint density at radius 1 is 1.10 bits per heavy atom. The summed E-state index contributed by atoms with van der Waals surface area (Å²) in [6.07, 6.45) is -4.39. The van der Waals surface area contributed by atoms with Crippen molar-refractivity contribution >= 4 is 5.91 Å². The van der Waals surface area contributed by atoms with Crippen LogP contribution in [0.5, 0.6) is 0 Å². The van der Waals surface area contributed by atoms with Gasteiger partial charge in [-0.05, 0) is 24.3 Å². The number of rotatable bonds is 3. The van der Waals surface area contributed by atoms with Gasteiger partial charge in [-0.3, -0.25) is 9.69 Å². The number of carbonyl (C=O) groups excluding carboxylic acids is 1. The minimum absolute atomic E-state index is 0.0762. The van der Waals surface area contributed by atoms with Crippen molar-refractivity contribution in [3.63, 3.8) is 0 Å². The maximum atomic E-state index is 12.5. The molecule has 0 atom stereocenters. The molecule has 1 aliphatic rings. The van der Waals surface area contributed by atoms with Crippen LogP contribution in [-0.4, -0.2) is 60.1 Å². The first kappa shape index (κ1) is 15.8. The topological polar surface area (TPSA) is 43.8 Å². The predicted octanol–water partition coefficient (Wildman–Crippen LogP) is 1.46. The summed E-state index contributed by atoms with van der Waals surface area (Å²) in [5.41, 5.74) is -0.495. The van der Waals surface area contributed by atoms with Crippen LogP contribution in [0.15, 0.2) is 24.3 Å². The Hall–Kier alpha value is -1.60. The Kier molecular flexibility index (Phi) is 4.84. The van der Waals surface area contributed by atoms with Crippen molar-refractivity contribution < 1.29 is 23.1 Å². The van der Waals surface area contributed by atoms with E-state index in [0.29, 0.717) is 32.7 Å². The number of β-amino-alcohol motifs (C(OH)–C–C–N with tert-alkyl or cyclic N) is 1. The number of aliphatic hydroxyl groups is 1. The summed E-state index contributed by atoms with van der Waals surface area (Å²) in [4.78, 5) is 15.9. The number of aliphatic hydroxyl groups excluding tert-OH is 1. The number of nitrogens with zero attached hydrogens (tertiary/aromatic N) is 2. The second kappa shape index (κ2) is 6.44. The Labute approximate surface area is 120 Å². The number of piperazine rings is 1. The highest BCUT2D eigenvalue weighted by atomic mass is 19.4. The summed E-state index contributed by atoms with van der Waals surface area (Å²) in [6.45, 7) is 2.99. The van der Waals surface area contributed by atoms with Crippen LogP contribution < -0.4 is 0 Å². The molecule has 0 spiro atoms. The summed E-state index contributed by atoms with van der Waals surface area (Å²) in [5, 5.41) is 8.85. The van der Waals surface area contributed by atoms with E-state index in [0.717, 1.165) is 12.1 Å². The third kappa shape index (κ3) is 3.95. The highest BCUT2D eigenvalue weighted by molar-refractivity contribution is 5.94. The molecule has 0 radical (unpaired) electrons. The Balaban J connectivity index is 1.98. The van der Waals surface area contributed by atoms with Crippen LogP contribution in [0.3, 0.4) is 0 Å². The Morgan fingerprint density at radius 2 is 1.67 bits per heavy atom. The number of carbonyl (C=O) groups is 1. The number of hydrogen-bond donors (Lipinski definition) is 1. The van der Waals surface area contributed by atoms with Crippen molar-refractivity contribution in [1.29, 1.82) is 0 Å². The maximum Gasteiger partial charge on any atom is 0.416 e. The van der Waals surface area contributed by atoms with Crippen molar-refractivity contribution in [1.82, 2.24) is 9.80 Å². The van der Waals surface area contributed by atoms with Crippen LogP contribution in [-0.2, 0) is 6.18 Å². The van der Waals surface area contributed by atoms with Crippen molar-refractivity contribution in [2.45, 2.75) is 6.18 Å². The summed E-state index contributed by atoms with van der Waals surface area (Å²) >= 11 is 0. The molecule has 1 aliphatic heterocycles. The van der Waals surface area contributed by atoms with E-state index in [1.165, 1.54) is 12.1 Å². The van der Waals surface area contributed by atoms with Gasteiger partial charge in [-0.2, -0.15) is 13.2 Å². The van der Waals surface area contributed by atoms with Crippen LogP contribution in [0.4, 0.5) is 13.2 Å². The molecule has 0 unspecified atom stereocenters. The fourth-order valence-electron chi connectivity index (χ4n) is 2.30. The zero-order valence-electron chi connectivity index (χ0n) is 11.4. The number of alkyl halides is 3. The number of halogens is 3. The average Bonchev–Trinajstić information content (AvgIpc) is 2.47. The molecule has 0 saturated carbocycles. The summed E-state index contributed by atoms with van der Waals surface area (Å²) < 4.78 is 37.4. The monoisotopic (exact) mass is 302 g/mol. The van der Waals surface area contributed by atoms with E-state index in [2.05, 4.69) is 0 Å². The lowest BCUT2D eigenvalue weighted by Gasteiger charge is -2.34. The SMILES string of the molecule is O=C(c1ccc(C(F)(F)F)cc1)N1CCN(CCO)CC1. The smallest absolute Gasteiger partial charge is 0.395 e. The Morgan fingerprint density at radius 3 is 2.14 bits per heavy atom. The van der Waals surface area contributed by atoms with E-state index in [4.69, 9.17) is 5.11 Å². The normalized spacial score (nSPS) is 17.0. The third-order valence-corrected chi connectivity index (χ3v) is 3.53. The lowest BCUT2D eigenvalue weighted by Crippen LogP contribution is -2.49. The molecule has 1 fully saturated rings. The van der Waals surface area contributed by atoms with E-state index >= 15 is 0 Å². The molecule has 0 aliphatic carbocycles. The molecule has 4 nitrogen and oxygen atoms in total. The number of benzene rings is 1. The minimum Gasteiger partial charge on any atom is -0.395 e. The van der Waals surface area contributed by atoms with Crippen LogP contribution >= 0.6 is 0 Å². The van der Waals surface area contributed by atoms with E-state index in [1.807, 2.05) is 4.90 Å². The van der Waals surface area contributed by atoms with Gasteiger partial charge in [-0.25, -0.2) is 0 Å². The standard InChI is InChI=1S/C14H17F3N2O2/c15-14(16,17)12-3-1-11(2-4-12)13(21)19-7-5-18(6-8-19)9-10-20/h1-4,20H,5-10H2. The van der Waals surface area contributed by atoms with Gasteiger partial charge in [0, 0.05) is 38.3 Å². The number of hydrogen-bond acceptors (Lipinski definition) is 3. The zero-order valence-corrected chi connectivity index (χ0v) is 11.4. The lowest BCUT2D eigenvalue weighted by molar-refractivity contribution is -0.137. The Bertz CT molecular complexity index is 480. The van der Waals surface area contributed by atoms with Gasteiger partial charge in [0.1, 0.15) is 0 Å². The minimum atomic E-state index is -4.39. The molecule has 116 valence electrons. The second-order valence-corrected chi connectivity index (χ2v) is 4.93. The summed E-state index contributed by atoms with van der Waals surface area (Å²) in [7, 11) is 0. The van der Waals surface area contributed by atoms with Crippen molar-refractivity contribution in [3.05, 3.63) is 35.4 Å². The third-order valence-electron chi connectivity index (χ3n) is 3.53. The fraction of sp³-hybridized carbons (Fsp3) is 0.500. The maximum absolute atomic E-state index is 12.5. The quantitative estimate of drug-likeness (QED) is 0.919. The first-order chi connectivity index (χ1) is 9.91. The molecular formula is C14H17F3N2O2. The summed E-state index contributed by atoms with van der Waals surface area (Å²) in [5.74, 6) is -0.257. The molecule has 1 amide bonds. The molecule has 1 heterocycles. The highest BCUT2D eigenvalue weighted by Gasteiger charge is 2.30. The zero-order chi connectivity index (χ0) is 15.5. The van der Waals surface area contributed by atoms with E-state index in [-0.39, 0.29) is 18.1 Å². The molecular weight excluding hydrogens is 285 g/mol. The van der Waals surface area contributed by atoms with Crippen molar-refractivity contribution in [2.24, 2.45) is 0 Å². The van der Waals surface area contributed by atoms with Crippen LogP contribution in [0.25, 0.3) is 0 Å². The van der Waals surface area contributed by atoms with Gasteiger partial charge in [0.2, 0.25) is 0 Å². The average molecular weight is 302 g/mol. The second-order valence-electron chi connectivity index (χ2n) is 4.93. The molecule has 0 aromatic heterocycles. The van der Waals surface area contributed by atoms with E-state index < -0.39 is 11.7 Å². The molecule has 21 heavy (non-hydrogen) atoms. The lowest BCUT2D eigenvalue weighted by atomic mass is 10.1. The highest BCUT2D eigenvalue weighted by Crippen LogP contribution is 2.29.